The lowest BCUT2D eigenvalue weighted by Gasteiger charge is -2.20. The quantitative estimate of drug-likeness (QED) is 0.811. The molecule has 0 fully saturated rings. The number of aromatic nitrogens is 1. The molecule has 0 unspecified atom stereocenters. The summed E-state index contributed by atoms with van der Waals surface area (Å²) >= 11 is 0. The van der Waals surface area contributed by atoms with Gasteiger partial charge in [0.05, 0.1) is 11.1 Å². The summed E-state index contributed by atoms with van der Waals surface area (Å²) in [7, 11) is 0. The second kappa shape index (κ2) is 4.67. The first-order valence-corrected chi connectivity index (χ1v) is 6.27. The van der Waals surface area contributed by atoms with Gasteiger partial charge < -0.3 is 9.84 Å². The molecule has 0 aliphatic carbocycles. The molecule has 0 bridgehead atoms. The van der Waals surface area contributed by atoms with Crippen molar-refractivity contribution in [1.29, 1.82) is 0 Å². The number of carbonyl (C=O) groups is 2. The van der Waals surface area contributed by atoms with Crippen LogP contribution in [0.25, 0.3) is 10.9 Å². The molecule has 0 spiro atoms. The molecule has 0 amide bonds. The van der Waals surface area contributed by atoms with E-state index in [0.29, 0.717) is 22.8 Å². The number of hydrogen-bond donors (Lipinski definition) is 1. The smallest absolute Gasteiger partial charge is 0.419 e. The topological polar surface area (TPSA) is 68.5 Å². The monoisotopic (exact) mass is 275 g/mol. The number of hydrogen-bond acceptors (Lipinski definition) is 4. The first-order valence-electron chi connectivity index (χ1n) is 6.27. The standard InChI is InChI=1S/C15H17NO4/c1-9-7-12(18)11(8-17)10-5-6-16(13(9)10)14(19)20-15(2,3)4/h5-8,18H,1-4H3. The molecule has 1 aromatic carbocycles. The molecule has 1 N–H and O–H groups in total. The van der Waals surface area contributed by atoms with E-state index in [1.54, 1.807) is 33.8 Å². The summed E-state index contributed by atoms with van der Waals surface area (Å²) in [5.74, 6) is -0.0908. The number of aldehydes is 1. The Morgan fingerprint density at radius 1 is 1.40 bits per heavy atom. The van der Waals surface area contributed by atoms with Crippen LogP contribution in [-0.2, 0) is 4.74 Å². The molecule has 0 saturated carbocycles. The summed E-state index contributed by atoms with van der Waals surface area (Å²) < 4.78 is 6.67. The minimum absolute atomic E-state index is 0.0908. The largest absolute Gasteiger partial charge is 0.507 e. The van der Waals surface area contributed by atoms with Gasteiger partial charge in [0, 0.05) is 11.6 Å². The van der Waals surface area contributed by atoms with Crippen molar-refractivity contribution in [3.05, 3.63) is 29.5 Å². The third kappa shape index (κ3) is 2.39. The predicted octanol–water partition coefficient (Wildman–Crippen LogP) is 3.25. The Labute approximate surface area is 116 Å². The van der Waals surface area contributed by atoms with Crippen LogP contribution in [0.5, 0.6) is 5.75 Å². The molecule has 2 aromatic rings. The van der Waals surface area contributed by atoms with Crippen molar-refractivity contribution >= 4 is 23.3 Å². The third-order valence-electron chi connectivity index (χ3n) is 2.89. The van der Waals surface area contributed by atoms with E-state index in [-0.39, 0.29) is 11.3 Å². The minimum atomic E-state index is -0.605. The van der Waals surface area contributed by atoms with Crippen molar-refractivity contribution in [3.63, 3.8) is 0 Å². The average molecular weight is 275 g/mol. The van der Waals surface area contributed by atoms with E-state index in [1.165, 1.54) is 16.8 Å². The molecular formula is C15H17NO4. The highest BCUT2D eigenvalue weighted by molar-refractivity contribution is 6.03. The van der Waals surface area contributed by atoms with E-state index in [0.717, 1.165) is 0 Å². The van der Waals surface area contributed by atoms with E-state index in [2.05, 4.69) is 0 Å². The van der Waals surface area contributed by atoms with Crippen LogP contribution in [-0.4, -0.2) is 27.7 Å². The van der Waals surface area contributed by atoms with Crippen LogP contribution in [0.3, 0.4) is 0 Å². The minimum Gasteiger partial charge on any atom is -0.507 e. The Kier molecular flexibility index (Phi) is 3.29. The number of nitrogens with zero attached hydrogens (tertiary/aromatic N) is 1. The summed E-state index contributed by atoms with van der Waals surface area (Å²) in [4.78, 5) is 23.2. The molecule has 5 nitrogen and oxygen atoms in total. The summed E-state index contributed by atoms with van der Waals surface area (Å²) in [6, 6.07) is 3.09. The van der Waals surface area contributed by atoms with Gasteiger partial charge in [-0.05, 0) is 45.4 Å². The number of benzene rings is 1. The van der Waals surface area contributed by atoms with Gasteiger partial charge in [-0.1, -0.05) is 0 Å². The number of aryl methyl sites for hydroxylation is 1. The molecule has 2 rings (SSSR count). The molecule has 0 radical (unpaired) electrons. The second-order valence-electron chi connectivity index (χ2n) is 5.67. The first-order chi connectivity index (χ1) is 9.24. The zero-order valence-electron chi connectivity index (χ0n) is 11.9. The van der Waals surface area contributed by atoms with Gasteiger partial charge in [-0.25, -0.2) is 4.79 Å². The van der Waals surface area contributed by atoms with Gasteiger partial charge in [0.2, 0.25) is 0 Å². The van der Waals surface area contributed by atoms with Crippen molar-refractivity contribution < 1.29 is 19.4 Å². The van der Waals surface area contributed by atoms with Crippen LogP contribution < -0.4 is 0 Å². The Hall–Kier alpha value is -2.30. The SMILES string of the molecule is Cc1cc(O)c(C=O)c2ccn(C(=O)OC(C)(C)C)c12. The summed E-state index contributed by atoms with van der Waals surface area (Å²) in [6.07, 6.45) is 1.60. The number of phenols is 1. The van der Waals surface area contributed by atoms with Gasteiger partial charge in [-0.2, -0.15) is 0 Å². The number of ether oxygens (including phenoxy) is 1. The van der Waals surface area contributed by atoms with Crippen LogP contribution in [0, 0.1) is 6.92 Å². The van der Waals surface area contributed by atoms with Crippen molar-refractivity contribution in [1.82, 2.24) is 4.57 Å². The fraction of sp³-hybridized carbons (Fsp3) is 0.333. The number of phenolic OH excluding ortho intramolecular Hbond substituents is 1. The Bertz CT molecular complexity index is 692. The Morgan fingerprint density at radius 3 is 2.60 bits per heavy atom. The van der Waals surface area contributed by atoms with Gasteiger partial charge in [0.1, 0.15) is 11.4 Å². The van der Waals surface area contributed by atoms with Crippen molar-refractivity contribution in [2.75, 3.05) is 0 Å². The molecule has 0 saturated heterocycles. The lowest BCUT2D eigenvalue weighted by molar-refractivity contribution is 0.0544. The van der Waals surface area contributed by atoms with Gasteiger partial charge in [-0.3, -0.25) is 9.36 Å². The van der Waals surface area contributed by atoms with Crippen LogP contribution in [0.4, 0.5) is 4.79 Å². The van der Waals surface area contributed by atoms with Crippen molar-refractivity contribution in [3.8, 4) is 5.75 Å². The number of carbonyl (C=O) groups excluding carboxylic acids is 2. The van der Waals surface area contributed by atoms with Gasteiger partial charge in [0.25, 0.3) is 0 Å². The maximum absolute atomic E-state index is 12.2. The molecule has 5 heteroatoms. The maximum atomic E-state index is 12.2. The molecule has 106 valence electrons. The highest BCUT2D eigenvalue weighted by Crippen LogP contribution is 2.30. The molecule has 1 aromatic heterocycles. The van der Waals surface area contributed by atoms with Gasteiger partial charge >= 0.3 is 6.09 Å². The summed E-state index contributed by atoms with van der Waals surface area (Å²) in [6.45, 7) is 7.11. The van der Waals surface area contributed by atoms with E-state index < -0.39 is 11.7 Å². The zero-order valence-corrected chi connectivity index (χ0v) is 11.9. The second-order valence-corrected chi connectivity index (χ2v) is 5.67. The van der Waals surface area contributed by atoms with Gasteiger partial charge in [0.15, 0.2) is 6.29 Å². The predicted molar refractivity (Wildman–Crippen MR) is 75.4 cm³/mol. The summed E-state index contributed by atoms with van der Waals surface area (Å²) in [5, 5.41) is 10.3. The average Bonchev–Trinajstić information content (AvgIpc) is 2.72. The fourth-order valence-electron chi connectivity index (χ4n) is 2.13. The maximum Gasteiger partial charge on any atom is 0.419 e. The molecule has 0 atom stereocenters. The third-order valence-corrected chi connectivity index (χ3v) is 2.89. The van der Waals surface area contributed by atoms with Crippen LogP contribution >= 0.6 is 0 Å². The van der Waals surface area contributed by atoms with E-state index in [9.17, 15) is 14.7 Å². The fourth-order valence-corrected chi connectivity index (χ4v) is 2.13. The van der Waals surface area contributed by atoms with E-state index in [1.807, 2.05) is 0 Å². The zero-order chi connectivity index (χ0) is 15.1. The van der Waals surface area contributed by atoms with Crippen LogP contribution in [0.2, 0.25) is 0 Å². The van der Waals surface area contributed by atoms with Crippen LogP contribution in [0.1, 0.15) is 36.7 Å². The summed E-state index contributed by atoms with van der Waals surface area (Å²) in [5.41, 5.74) is 0.831. The lowest BCUT2D eigenvalue weighted by atomic mass is 10.1. The highest BCUT2D eigenvalue weighted by atomic mass is 16.6. The number of rotatable bonds is 1. The van der Waals surface area contributed by atoms with Crippen molar-refractivity contribution in [2.45, 2.75) is 33.3 Å². The molecule has 0 aliphatic heterocycles. The molecule has 20 heavy (non-hydrogen) atoms. The van der Waals surface area contributed by atoms with Crippen LogP contribution in [0.15, 0.2) is 18.3 Å². The normalized spacial score (nSPS) is 11.6. The highest BCUT2D eigenvalue weighted by Gasteiger charge is 2.21. The number of aromatic hydroxyl groups is 1. The van der Waals surface area contributed by atoms with Gasteiger partial charge in [-0.15, -0.1) is 0 Å². The Morgan fingerprint density at radius 2 is 2.05 bits per heavy atom. The molecular weight excluding hydrogens is 258 g/mol. The molecule has 1 heterocycles. The number of fused-ring (bicyclic) bond motifs is 1. The van der Waals surface area contributed by atoms with Crippen molar-refractivity contribution in [2.24, 2.45) is 0 Å². The van der Waals surface area contributed by atoms with E-state index in [4.69, 9.17) is 4.74 Å². The first kappa shape index (κ1) is 14.1. The van der Waals surface area contributed by atoms with E-state index >= 15 is 0 Å². The Balaban J connectivity index is 2.63. The molecule has 0 aliphatic rings. The lowest BCUT2D eigenvalue weighted by Crippen LogP contribution is -2.26.